The Morgan fingerprint density at radius 1 is 0.850 bits per heavy atom. The van der Waals surface area contributed by atoms with E-state index in [0.29, 0.717) is 11.4 Å². The summed E-state index contributed by atoms with van der Waals surface area (Å²) in [7, 11) is 0. The Kier molecular flexibility index (Phi) is 3.25. The van der Waals surface area contributed by atoms with Gasteiger partial charge in [-0.2, -0.15) is 0 Å². The van der Waals surface area contributed by atoms with Crippen molar-refractivity contribution < 1.29 is 0 Å². The van der Waals surface area contributed by atoms with E-state index in [0.717, 1.165) is 29.3 Å². The lowest BCUT2D eigenvalue weighted by molar-refractivity contribution is 0.926. The molecule has 4 N–H and O–H groups in total. The Bertz CT molecular complexity index is 736. The Morgan fingerprint density at radius 2 is 1.65 bits per heavy atom. The quantitative estimate of drug-likeness (QED) is 0.713. The van der Waals surface area contributed by atoms with Crippen molar-refractivity contribution in [1.29, 1.82) is 0 Å². The van der Waals surface area contributed by atoms with Gasteiger partial charge in [-0.25, -0.2) is 0 Å². The molecule has 1 heterocycles. The van der Waals surface area contributed by atoms with Gasteiger partial charge < -0.3 is 11.5 Å². The maximum atomic E-state index is 6.12. The largest absolute Gasteiger partial charge is 0.397 e. The average Bonchev–Trinajstić information content (AvgIpc) is 2.50. The standard InChI is InChI=1S/C17H17N3/c18-14-8-7-13-10-11-20-15(16(13)17(14)19)9-6-12-4-2-1-3-5-12/h1-5,7-8,10-11H,6,9,18-19H2. The number of anilines is 2. The summed E-state index contributed by atoms with van der Waals surface area (Å²) in [5, 5.41) is 2.08. The van der Waals surface area contributed by atoms with E-state index in [1.54, 1.807) is 0 Å². The number of aryl methyl sites for hydroxylation is 2. The van der Waals surface area contributed by atoms with Crippen LogP contribution in [0, 0.1) is 0 Å². The van der Waals surface area contributed by atoms with Gasteiger partial charge in [-0.1, -0.05) is 36.4 Å². The molecule has 0 aliphatic carbocycles. The second kappa shape index (κ2) is 5.21. The molecule has 0 spiro atoms. The highest BCUT2D eigenvalue weighted by Gasteiger charge is 2.08. The van der Waals surface area contributed by atoms with Crippen LogP contribution in [-0.2, 0) is 12.8 Å². The summed E-state index contributed by atoms with van der Waals surface area (Å²) in [4.78, 5) is 4.49. The van der Waals surface area contributed by atoms with E-state index in [-0.39, 0.29) is 0 Å². The fourth-order valence-corrected chi connectivity index (χ4v) is 2.48. The molecular formula is C17H17N3. The number of aromatic nitrogens is 1. The van der Waals surface area contributed by atoms with Crippen LogP contribution in [0.3, 0.4) is 0 Å². The maximum absolute atomic E-state index is 6.12. The van der Waals surface area contributed by atoms with Crippen molar-refractivity contribution in [3.63, 3.8) is 0 Å². The highest BCUT2D eigenvalue weighted by molar-refractivity contribution is 5.99. The van der Waals surface area contributed by atoms with Crippen molar-refractivity contribution in [3.8, 4) is 0 Å². The summed E-state index contributed by atoms with van der Waals surface area (Å²) in [6.45, 7) is 0. The first kappa shape index (κ1) is 12.5. The predicted octanol–water partition coefficient (Wildman–Crippen LogP) is 3.18. The molecule has 20 heavy (non-hydrogen) atoms. The molecule has 3 heteroatoms. The lowest BCUT2D eigenvalue weighted by Crippen LogP contribution is -2.01. The third kappa shape index (κ3) is 2.30. The van der Waals surface area contributed by atoms with Gasteiger partial charge in [0.2, 0.25) is 0 Å². The fourth-order valence-electron chi connectivity index (χ4n) is 2.48. The highest BCUT2D eigenvalue weighted by Crippen LogP contribution is 2.29. The summed E-state index contributed by atoms with van der Waals surface area (Å²) >= 11 is 0. The number of nitrogen functional groups attached to an aromatic ring is 2. The number of benzene rings is 2. The molecule has 0 saturated heterocycles. The van der Waals surface area contributed by atoms with E-state index in [9.17, 15) is 0 Å². The molecule has 2 aromatic carbocycles. The minimum absolute atomic E-state index is 0.617. The normalized spacial score (nSPS) is 10.8. The fraction of sp³-hybridized carbons (Fsp3) is 0.118. The Hall–Kier alpha value is -2.55. The molecule has 0 bridgehead atoms. The lowest BCUT2D eigenvalue weighted by atomic mass is 10.0. The predicted molar refractivity (Wildman–Crippen MR) is 84.4 cm³/mol. The monoisotopic (exact) mass is 263 g/mol. The molecule has 0 fully saturated rings. The van der Waals surface area contributed by atoms with Gasteiger partial charge in [0.25, 0.3) is 0 Å². The summed E-state index contributed by atoms with van der Waals surface area (Å²) < 4.78 is 0. The summed E-state index contributed by atoms with van der Waals surface area (Å²) in [5.41, 5.74) is 15.6. The second-order valence-electron chi connectivity index (χ2n) is 4.91. The SMILES string of the molecule is Nc1ccc2ccnc(CCc3ccccc3)c2c1N. The van der Waals surface area contributed by atoms with Crippen LogP contribution in [-0.4, -0.2) is 4.98 Å². The molecule has 3 nitrogen and oxygen atoms in total. The number of nitrogens with zero attached hydrogens (tertiary/aromatic N) is 1. The van der Waals surface area contributed by atoms with Crippen LogP contribution in [0.2, 0.25) is 0 Å². The van der Waals surface area contributed by atoms with Gasteiger partial charge in [-0.3, -0.25) is 4.98 Å². The van der Waals surface area contributed by atoms with Crippen LogP contribution in [0.5, 0.6) is 0 Å². The Morgan fingerprint density at radius 3 is 2.45 bits per heavy atom. The van der Waals surface area contributed by atoms with Crippen LogP contribution < -0.4 is 11.5 Å². The molecule has 0 saturated carbocycles. The first-order chi connectivity index (χ1) is 9.75. The third-order valence-electron chi connectivity index (χ3n) is 3.58. The van der Waals surface area contributed by atoms with Crippen molar-refractivity contribution in [2.24, 2.45) is 0 Å². The molecule has 0 amide bonds. The van der Waals surface area contributed by atoms with Gasteiger partial charge >= 0.3 is 0 Å². The summed E-state index contributed by atoms with van der Waals surface area (Å²) in [6.07, 6.45) is 3.63. The number of hydrogen-bond donors (Lipinski definition) is 2. The van der Waals surface area contributed by atoms with Gasteiger partial charge in [-0.05, 0) is 35.9 Å². The zero-order valence-corrected chi connectivity index (χ0v) is 11.2. The van der Waals surface area contributed by atoms with Crippen LogP contribution in [0.1, 0.15) is 11.3 Å². The molecule has 0 aliphatic rings. The molecule has 1 aromatic heterocycles. The van der Waals surface area contributed by atoms with Crippen molar-refractivity contribution in [2.45, 2.75) is 12.8 Å². The average molecular weight is 263 g/mol. The molecule has 0 aliphatic heterocycles. The number of nitrogens with two attached hydrogens (primary N) is 2. The van der Waals surface area contributed by atoms with Crippen molar-refractivity contribution in [1.82, 2.24) is 4.98 Å². The van der Waals surface area contributed by atoms with E-state index in [4.69, 9.17) is 11.5 Å². The van der Waals surface area contributed by atoms with E-state index in [2.05, 4.69) is 29.2 Å². The molecule has 3 rings (SSSR count). The summed E-state index contributed by atoms with van der Waals surface area (Å²) in [6, 6.07) is 16.2. The lowest BCUT2D eigenvalue weighted by Gasteiger charge is -2.10. The van der Waals surface area contributed by atoms with E-state index < -0.39 is 0 Å². The number of pyridine rings is 1. The number of hydrogen-bond acceptors (Lipinski definition) is 3. The van der Waals surface area contributed by atoms with Gasteiger partial charge in [0.05, 0.1) is 17.1 Å². The molecule has 0 unspecified atom stereocenters. The van der Waals surface area contributed by atoms with Gasteiger partial charge in [0.15, 0.2) is 0 Å². The molecule has 100 valence electrons. The van der Waals surface area contributed by atoms with Gasteiger partial charge in [-0.15, -0.1) is 0 Å². The number of rotatable bonds is 3. The molecule has 3 aromatic rings. The topological polar surface area (TPSA) is 64.9 Å². The third-order valence-corrected chi connectivity index (χ3v) is 3.58. The molecular weight excluding hydrogens is 246 g/mol. The minimum atomic E-state index is 0.617. The first-order valence-corrected chi connectivity index (χ1v) is 6.71. The van der Waals surface area contributed by atoms with Crippen LogP contribution >= 0.6 is 0 Å². The van der Waals surface area contributed by atoms with Crippen molar-refractivity contribution in [3.05, 3.63) is 66.0 Å². The number of fused-ring (bicyclic) bond motifs is 1. The molecule has 0 radical (unpaired) electrons. The van der Waals surface area contributed by atoms with Crippen molar-refractivity contribution in [2.75, 3.05) is 11.5 Å². The minimum Gasteiger partial charge on any atom is -0.397 e. The van der Waals surface area contributed by atoms with Crippen LogP contribution in [0.15, 0.2) is 54.7 Å². The van der Waals surface area contributed by atoms with E-state index in [1.807, 2.05) is 30.5 Å². The van der Waals surface area contributed by atoms with E-state index >= 15 is 0 Å². The van der Waals surface area contributed by atoms with Gasteiger partial charge in [0, 0.05) is 11.6 Å². The second-order valence-corrected chi connectivity index (χ2v) is 4.91. The highest BCUT2D eigenvalue weighted by atomic mass is 14.7. The zero-order chi connectivity index (χ0) is 13.9. The van der Waals surface area contributed by atoms with Crippen molar-refractivity contribution >= 4 is 22.1 Å². The zero-order valence-electron chi connectivity index (χ0n) is 11.2. The molecule has 0 atom stereocenters. The smallest absolute Gasteiger partial charge is 0.0645 e. The summed E-state index contributed by atoms with van der Waals surface area (Å²) in [5.74, 6) is 0. The van der Waals surface area contributed by atoms with Crippen LogP contribution in [0.25, 0.3) is 10.8 Å². The van der Waals surface area contributed by atoms with Gasteiger partial charge in [0.1, 0.15) is 0 Å². The first-order valence-electron chi connectivity index (χ1n) is 6.71. The van der Waals surface area contributed by atoms with E-state index in [1.165, 1.54) is 5.56 Å². The Balaban J connectivity index is 1.97. The Labute approximate surface area is 118 Å². The maximum Gasteiger partial charge on any atom is 0.0645 e. The van der Waals surface area contributed by atoms with Crippen LogP contribution in [0.4, 0.5) is 11.4 Å².